The van der Waals surface area contributed by atoms with Crippen LogP contribution in [0.15, 0.2) is 30.9 Å². The highest BCUT2D eigenvalue weighted by atomic mass is 16.5. The summed E-state index contributed by atoms with van der Waals surface area (Å²) in [7, 11) is 1.91. The van der Waals surface area contributed by atoms with Gasteiger partial charge in [-0.1, -0.05) is 24.8 Å². The van der Waals surface area contributed by atoms with E-state index in [9.17, 15) is 0 Å². The average molecular weight is 235 g/mol. The van der Waals surface area contributed by atoms with Crippen molar-refractivity contribution in [3.63, 3.8) is 0 Å². The Hall–Kier alpha value is -1.48. The number of benzene rings is 1. The molecule has 1 unspecified atom stereocenters. The van der Waals surface area contributed by atoms with Crippen molar-refractivity contribution in [3.8, 4) is 11.5 Å². The van der Waals surface area contributed by atoms with Gasteiger partial charge in [0.2, 0.25) is 0 Å². The molecule has 0 bridgehead atoms. The molecular weight excluding hydrogens is 214 g/mol. The van der Waals surface area contributed by atoms with Gasteiger partial charge >= 0.3 is 0 Å². The minimum absolute atomic E-state index is 0.0350. The lowest BCUT2D eigenvalue weighted by Crippen LogP contribution is -2.13. The first-order chi connectivity index (χ1) is 8.22. The minimum Gasteiger partial charge on any atom is -0.490 e. The average Bonchev–Trinajstić information content (AvgIpc) is 2.33. The Morgan fingerprint density at radius 3 is 2.82 bits per heavy atom. The van der Waals surface area contributed by atoms with E-state index in [4.69, 9.17) is 9.47 Å². The van der Waals surface area contributed by atoms with Crippen molar-refractivity contribution >= 4 is 0 Å². The van der Waals surface area contributed by atoms with E-state index < -0.39 is 0 Å². The molecule has 1 rings (SSSR count). The second-order valence-corrected chi connectivity index (χ2v) is 3.77. The standard InChI is InChI=1S/C14H21NO2/c1-5-11(3)17-14-12(10-15-4)8-7-9-13(14)16-6-2/h5,7-9,11,15H,1,6,10H2,2-4H3. The summed E-state index contributed by atoms with van der Waals surface area (Å²) in [6.07, 6.45) is 1.73. The van der Waals surface area contributed by atoms with E-state index in [0.29, 0.717) is 6.61 Å². The molecule has 0 amide bonds. The largest absolute Gasteiger partial charge is 0.490 e. The Kier molecular flexibility index (Phi) is 5.57. The van der Waals surface area contributed by atoms with Crippen LogP contribution in [0.3, 0.4) is 0 Å². The zero-order valence-electron chi connectivity index (χ0n) is 10.8. The van der Waals surface area contributed by atoms with Gasteiger partial charge in [0.05, 0.1) is 6.61 Å². The number of hydrogen-bond acceptors (Lipinski definition) is 3. The number of hydrogen-bond donors (Lipinski definition) is 1. The Morgan fingerprint density at radius 2 is 2.24 bits per heavy atom. The van der Waals surface area contributed by atoms with E-state index >= 15 is 0 Å². The van der Waals surface area contributed by atoms with E-state index in [2.05, 4.69) is 11.9 Å². The molecule has 1 N–H and O–H groups in total. The van der Waals surface area contributed by atoms with Crippen molar-refractivity contribution in [3.05, 3.63) is 36.4 Å². The Labute approximate surface area is 103 Å². The van der Waals surface area contributed by atoms with Crippen LogP contribution in [-0.4, -0.2) is 19.8 Å². The fourth-order valence-electron chi connectivity index (χ4n) is 1.53. The molecule has 0 aromatic heterocycles. The number of ether oxygens (including phenoxy) is 2. The third-order valence-electron chi connectivity index (χ3n) is 2.36. The van der Waals surface area contributed by atoms with Crippen LogP contribution in [0.1, 0.15) is 19.4 Å². The van der Waals surface area contributed by atoms with Gasteiger partial charge < -0.3 is 14.8 Å². The van der Waals surface area contributed by atoms with Crippen LogP contribution >= 0.6 is 0 Å². The quantitative estimate of drug-likeness (QED) is 0.737. The first-order valence-electron chi connectivity index (χ1n) is 5.91. The molecule has 0 spiro atoms. The highest BCUT2D eigenvalue weighted by Crippen LogP contribution is 2.32. The second-order valence-electron chi connectivity index (χ2n) is 3.77. The second kappa shape index (κ2) is 6.97. The Morgan fingerprint density at radius 1 is 1.47 bits per heavy atom. The summed E-state index contributed by atoms with van der Waals surface area (Å²) in [5, 5.41) is 3.12. The van der Waals surface area contributed by atoms with Crippen molar-refractivity contribution in [2.24, 2.45) is 0 Å². The van der Waals surface area contributed by atoms with Crippen molar-refractivity contribution in [2.75, 3.05) is 13.7 Å². The van der Waals surface area contributed by atoms with Crippen molar-refractivity contribution in [1.82, 2.24) is 5.32 Å². The molecule has 0 saturated heterocycles. The van der Waals surface area contributed by atoms with Crippen molar-refractivity contribution in [1.29, 1.82) is 0 Å². The smallest absolute Gasteiger partial charge is 0.166 e. The van der Waals surface area contributed by atoms with E-state index in [1.807, 2.05) is 39.1 Å². The molecule has 1 aromatic carbocycles. The monoisotopic (exact) mass is 235 g/mol. The molecule has 0 saturated carbocycles. The molecule has 0 fully saturated rings. The van der Waals surface area contributed by atoms with E-state index in [1.54, 1.807) is 6.08 Å². The Balaban J connectivity index is 3.03. The molecule has 17 heavy (non-hydrogen) atoms. The first-order valence-corrected chi connectivity index (χ1v) is 5.91. The van der Waals surface area contributed by atoms with Crippen LogP contribution in [0.5, 0.6) is 11.5 Å². The van der Waals surface area contributed by atoms with E-state index in [-0.39, 0.29) is 6.10 Å². The first kappa shape index (κ1) is 13.6. The molecule has 94 valence electrons. The normalized spacial score (nSPS) is 11.9. The molecule has 0 aliphatic carbocycles. The van der Waals surface area contributed by atoms with E-state index in [1.165, 1.54) is 0 Å². The molecule has 3 nitrogen and oxygen atoms in total. The van der Waals surface area contributed by atoms with Crippen LogP contribution in [0.25, 0.3) is 0 Å². The van der Waals surface area contributed by atoms with Gasteiger partial charge in [-0.2, -0.15) is 0 Å². The summed E-state index contributed by atoms with van der Waals surface area (Å²) in [4.78, 5) is 0. The van der Waals surface area contributed by atoms with Crippen LogP contribution in [-0.2, 0) is 6.54 Å². The van der Waals surface area contributed by atoms with Gasteiger partial charge in [-0.15, -0.1) is 0 Å². The van der Waals surface area contributed by atoms with Crippen LogP contribution < -0.4 is 14.8 Å². The minimum atomic E-state index is -0.0350. The highest BCUT2D eigenvalue weighted by Gasteiger charge is 2.12. The van der Waals surface area contributed by atoms with Crippen molar-refractivity contribution in [2.45, 2.75) is 26.5 Å². The maximum absolute atomic E-state index is 5.85. The fourth-order valence-corrected chi connectivity index (χ4v) is 1.53. The zero-order chi connectivity index (χ0) is 12.7. The predicted octanol–water partition coefficient (Wildman–Crippen LogP) is 2.76. The summed E-state index contributed by atoms with van der Waals surface area (Å²) in [6, 6.07) is 5.93. The lowest BCUT2D eigenvalue weighted by molar-refractivity contribution is 0.242. The highest BCUT2D eigenvalue weighted by molar-refractivity contribution is 5.47. The van der Waals surface area contributed by atoms with Crippen molar-refractivity contribution < 1.29 is 9.47 Å². The maximum Gasteiger partial charge on any atom is 0.166 e. The Bertz CT molecular complexity index is 339. The molecule has 0 radical (unpaired) electrons. The van der Waals surface area contributed by atoms with Gasteiger partial charge in [-0.25, -0.2) is 0 Å². The SMILES string of the molecule is C=CC(C)Oc1c(CNC)cccc1OCC. The number of para-hydroxylation sites is 1. The molecular formula is C14H21NO2. The number of rotatable bonds is 7. The van der Waals surface area contributed by atoms with Crippen LogP contribution in [0.4, 0.5) is 0 Å². The lowest BCUT2D eigenvalue weighted by Gasteiger charge is -2.18. The molecule has 3 heteroatoms. The van der Waals surface area contributed by atoms with Gasteiger partial charge in [0.15, 0.2) is 11.5 Å². The maximum atomic E-state index is 5.85. The number of nitrogens with one attached hydrogen (secondary N) is 1. The fraction of sp³-hybridized carbons (Fsp3) is 0.429. The zero-order valence-corrected chi connectivity index (χ0v) is 10.8. The molecule has 1 atom stereocenters. The molecule has 0 heterocycles. The molecule has 0 aliphatic rings. The summed E-state index contributed by atoms with van der Waals surface area (Å²) < 4.78 is 11.4. The summed E-state index contributed by atoms with van der Waals surface area (Å²) >= 11 is 0. The molecule has 0 aliphatic heterocycles. The topological polar surface area (TPSA) is 30.5 Å². The third-order valence-corrected chi connectivity index (χ3v) is 2.36. The summed E-state index contributed by atoms with van der Waals surface area (Å²) in [5.74, 6) is 1.59. The van der Waals surface area contributed by atoms with Gasteiger partial charge in [-0.05, 0) is 27.0 Å². The predicted molar refractivity (Wildman–Crippen MR) is 70.7 cm³/mol. The summed E-state index contributed by atoms with van der Waals surface area (Å²) in [6.45, 7) is 9.02. The van der Waals surface area contributed by atoms with Gasteiger partial charge in [0, 0.05) is 12.1 Å². The van der Waals surface area contributed by atoms with Crippen LogP contribution in [0, 0.1) is 0 Å². The van der Waals surface area contributed by atoms with Crippen LogP contribution in [0.2, 0.25) is 0 Å². The van der Waals surface area contributed by atoms with E-state index in [0.717, 1.165) is 23.6 Å². The van der Waals surface area contributed by atoms with Gasteiger partial charge in [0.1, 0.15) is 6.10 Å². The van der Waals surface area contributed by atoms with Gasteiger partial charge in [0.25, 0.3) is 0 Å². The molecule has 1 aromatic rings. The summed E-state index contributed by atoms with van der Waals surface area (Å²) in [5.41, 5.74) is 1.09. The third kappa shape index (κ3) is 3.79. The van der Waals surface area contributed by atoms with Gasteiger partial charge in [-0.3, -0.25) is 0 Å². The lowest BCUT2D eigenvalue weighted by atomic mass is 10.2.